The zero-order chi connectivity index (χ0) is 22.6. The number of rotatable bonds is 3. The molecule has 0 saturated carbocycles. The van der Waals surface area contributed by atoms with Crippen LogP contribution in [0, 0.1) is 12.8 Å². The molecule has 0 N–H and O–H groups in total. The molecular formula is C24H24ClN5O2. The second-order valence-corrected chi connectivity index (χ2v) is 8.98. The first-order chi connectivity index (χ1) is 15.3. The van der Waals surface area contributed by atoms with E-state index in [1.807, 2.05) is 34.9 Å². The molecule has 164 valence electrons. The Morgan fingerprint density at radius 3 is 2.62 bits per heavy atom. The molecule has 2 aromatic heterocycles. The van der Waals surface area contributed by atoms with Gasteiger partial charge in [0.15, 0.2) is 11.2 Å². The summed E-state index contributed by atoms with van der Waals surface area (Å²) in [6.07, 6.45) is 0. The third-order valence-electron chi connectivity index (χ3n) is 6.04. The van der Waals surface area contributed by atoms with E-state index in [1.54, 1.807) is 13.1 Å². The maximum Gasteiger partial charge on any atom is 0.332 e. The van der Waals surface area contributed by atoms with Crippen molar-refractivity contribution in [1.82, 2.24) is 18.7 Å². The smallest absolute Gasteiger partial charge is 0.312 e. The van der Waals surface area contributed by atoms with E-state index in [1.165, 1.54) is 9.13 Å². The van der Waals surface area contributed by atoms with Gasteiger partial charge in [-0.3, -0.25) is 13.9 Å². The highest BCUT2D eigenvalue weighted by Crippen LogP contribution is 2.33. The average Bonchev–Trinajstić information content (AvgIpc) is 3.15. The second kappa shape index (κ2) is 7.67. The van der Waals surface area contributed by atoms with Crippen molar-refractivity contribution < 1.29 is 0 Å². The highest BCUT2D eigenvalue weighted by molar-refractivity contribution is 6.31. The highest BCUT2D eigenvalue weighted by Gasteiger charge is 2.30. The van der Waals surface area contributed by atoms with Crippen LogP contribution in [-0.2, 0) is 20.1 Å². The molecule has 8 heteroatoms. The van der Waals surface area contributed by atoms with Gasteiger partial charge in [-0.15, -0.1) is 0 Å². The van der Waals surface area contributed by atoms with Crippen molar-refractivity contribution in [3.8, 4) is 0 Å². The van der Waals surface area contributed by atoms with Crippen LogP contribution in [0.2, 0.25) is 5.02 Å². The minimum atomic E-state index is -0.409. The van der Waals surface area contributed by atoms with Crippen molar-refractivity contribution in [3.63, 3.8) is 0 Å². The molecule has 0 unspecified atom stereocenters. The van der Waals surface area contributed by atoms with Gasteiger partial charge in [-0.25, -0.2) is 4.79 Å². The third-order valence-corrected chi connectivity index (χ3v) is 6.41. The minimum Gasteiger partial charge on any atom is -0.312 e. The van der Waals surface area contributed by atoms with Crippen LogP contribution in [0.4, 0.5) is 11.6 Å². The number of imidazole rings is 1. The first kappa shape index (κ1) is 20.6. The number of aromatic nitrogens is 4. The van der Waals surface area contributed by atoms with Crippen molar-refractivity contribution in [3.05, 3.63) is 85.5 Å². The maximum absolute atomic E-state index is 13.6. The van der Waals surface area contributed by atoms with Gasteiger partial charge in [0, 0.05) is 30.8 Å². The Balaban J connectivity index is 1.74. The molecule has 7 nitrogen and oxygen atoms in total. The number of benzene rings is 2. The molecule has 4 aromatic rings. The fourth-order valence-electron chi connectivity index (χ4n) is 4.45. The summed E-state index contributed by atoms with van der Waals surface area (Å²) in [6, 6.07) is 15.5. The molecule has 0 amide bonds. The Bertz CT molecular complexity index is 1470. The molecule has 0 aliphatic carbocycles. The van der Waals surface area contributed by atoms with Gasteiger partial charge in [0.05, 0.1) is 6.54 Å². The molecule has 1 aliphatic rings. The van der Waals surface area contributed by atoms with E-state index in [9.17, 15) is 9.59 Å². The molecule has 1 atom stereocenters. The third kappa shape index (κ3) is 3.24. The van der Waals surface area contributed by atoms with Gasteiger partial charge in [-0.2, -0.15) is 4.98 Å². The van der Waals surface area contributed by atoms with Gasteiger partial charge >= 0.3 is 5.69 Å². The van der Waals surface area contributed by atoms with Crippen molar-refractivity contribution >= 4 is 34.4 Å². The fourth-order valence-corrected chi connectivity index (χ4v) is 4.65. The van der Waals surface area contributed by atoms with Gasteiger partial charge in [0.25, 0.3) is 5.56 Å². The van der Waals surface area contributed by atoms with Crippen LogP contribution in [0.25, 0.3) is 11.2 Å². The first-order valence-corrected chi connectivity index (χ1v) is 11.0. The molecule has 0 fully saturated rings. The van der Waals surface area contributed by atoms with E-state index in [2.05, 4.69) is 30.9 Å². The van der Waals surface area contributed by atoms with Crippen LogP contribution >= 0.6 is 11.6 Å². The highest BCUT2D eigenvalue weighted by atomic mass is 35.5. The monoisotopic (exact) mass is 449 g/mol. The number of hydrogen-bond acceptors (Lipinski definition) is 4. The predicted octanol–water partition coefficient (Wildman–Crippen LogP) is 3.69. The number of hydrogen-bond donors (Lipinski definition) is 0. The molecular weight excluding hydrogens is 426 g/mol. The van der Waals surface area contributed by atoms with Crippen LogP contribution in [0.3, 0.4) is 0 Å². The molecule has 1 aliphatic heterocycles. The Morgan fingerprint density at radius 1 is 1.09 bits per heavy atom. The van der Waals surface area contributed by atoms with Gasteiger partial charge in [0.2, 0.25) is 5.95 Å². The Kier molecular flexibility index (Phi) is 4.93. The number of nitrogens with zero attached hydrogens (tertiary/aromatic N) is 5. The van der Waals surface area contributed by atoms with Gasteiger partial charge in [0.1, 0.15) is 0 Å². The zero-order valence-electron chi connectivity index (χ0n) is 18.2. The Morgan fingerprint density at radius 2 is 1.88 bits per heavy atom. The predicted molar refractivity (Wildman–Crippen MR) is 127 cm³/mol. The second-order valence-electron chi connectivity index (χ2n) is 8.57. The van der Waals surface area contributed by atoms with Gasteiger partial charge < -0.3 is 9.47 Å². The van der Waals surface area contributed by atoms with Crippen molar-refractivity contribution in [2.75, 3.05) is 11.4 Å². The first-order valence-electron chi connectivity index (χ1n) is 10.6. The zero-order valence-corrected chi connectivity index (χ0v) is 19.0. The van der Waals surface area contributed by atoms with E-state index in [0.29, 0.717) is 34.6 Å². The topological polar surface area (TPSA) is 65.1 Å². The number of halogens is 1. The van der Waals surface area contributed by atoms with Gasteiger partial charge in [-0.05, 0) is 42.2 Å². The van der Waals surface area contributed by atoms with E-state index in [4.69, 9.17) is 16.6 Å². The SMILES string of the molecule is Cc1cccc(N2C[C@H](C)Cn3c2nc2c3c(=O)n(Cc3ccccc3Cl)c(=O)n2C)c1. The Hall–Kier alpha value is -3.32. The summed E-state index contributed by atoms with van der Waals surface area (Å²) in [4.78, 5) is 33.6. The minimum absolute atomic E-state index is 0.110. The van der Waals surface area contributed by atoms with E-state index >= 15 is 0 Å². The summed E-state index contributed by atoms with van der Waals surface area (Å²) in [5, 5.41) is 0.524. The van der Waals surface area contributed by atoms with E-state index in [-0.39, 0.29) is 12.1 Å². The number of anilines is 2. The lowest BCUT2D eigenvalue weighted by Gasteiger charge is -2.33. The molecule has 5 rings (SSSR count). The lowest BCUT2D eigenvalue weighted by atomic mass is 10.1. The summed E-state index contributed by atoms with van der Waals surface area (Å²) in [5.41, 5.74) is 2.98. The average molecular weight is 450 g/mol. The standard InChI is InChI=1S/C24H24ClN5O2/c1-15-7-6-9-18(11-15)28-12-16(2)13-29-20-21(26-23(28)29)27(3)24(32)30(22(20)31)14-17-8-4-5-10-19(17)25/h4-11,16H,12-14H2,1-3H3/t16-/m0/s1. The quantitative estimate of drug-likeness (QED) is 0.478. The molecule has 0 bridgehead atoms. The number of fused-ring (bicyclic) bond motifs is 3. The molecule has 0 saturated heterocycles. The lowest BCUT2D eigenvalue weighted by molar-refractivity contribution is 0.458. The van der Waals surface area contributed by atoms with E-state index in [0.717, 1.165) is 23.4 Å². The normalized spacial score (nSPS) is 15.9. The summed E-state index contributed by atoms with van der Waals surface area (Å²) >= 11 is 6.30. The molecule has 0 spiro atoms. The fraction of sp³-hybridized carbons (Fsp3) is 0.292. The van der Waals surface area contributed by atoms with Crippen molar-refractivity contribution in [2.45, 2.75) is 26.9 Å². The van der Waals surface area contributed by atoms with E-state index < -0.39 is 5.69 Å². The van der Waals surface area contributed by atoms with Crippen molar-refractivity contribution in [2.24, 2.45) is 13.0 Å². The summed E-state index contributed by atoms with van der Waals surface area (Å²) in [6.45, 7) is 5.76. The largest absolute Gasteiger partial charge is 0.332 e. The van der Waals surface area contributed by atoms with Crippen molar-refractivity contribution in [1.29, 1.82) is 0 Å². The van der Waals surface area contributed by atoms with Crippen LogP contribution in [0.15, 0.2) is 58.1 Å². The van der Waals surface area contributed by atoms with Crippen LogP contribution in [0.1, 0.15) is 18.1 Å². The summed E-state index contributed by atoms with van der Waals surface area (Å²) < 4.78 is 4.66. The molecule has 0 radical (unpaired) electrons. The molecule has 3 heterocycles. The summed E-state index contributed by atoms with van der Waals surface area (Å²) in [7, 11) is 1.66. The van der Waals surface area contributed by atoms with Crippen LogP contribution in [-0.4, -0.2) is 25.2 Å². The summed E-state index contributed by atoms with van der Waals surface area (Å²) in [5.74, 6) is 0.986. The van der Waals surface area contributed by atoms with Gasteiger partial charge in [-0.1, -0.05) is 48.9 Å². The molecule has 2 aromatic carbocycles. The molecule has 32 heavy (non-hydrogen) atoms. The lowest BCUT2D eigenvalue weighted by Crippen LogP contribution is -2.40. The van der Waals surface area contributed by atoms with Crippen LogP contribution in [0.5, 0.6) is 0 Å². The number of aryl methyl sites for hydroxylation is 2. The Labute approximate surface area is 190 Å². The maximum atomic E-state index is 13.6. The van der Waals surface area contributed by atoms with Crippen LogP contribution < -0.4 is 16.1 Å².